The van der Waals surface area contributed by atoms with Gasteiger partial charge in [-0.2, -0.15) is 4.99 Å². The zero-order valence-electron chi connectivity index (χ0n) is 9.88. The molecule has 2 rings (SSSR count). The van der Waals surface area contributed by atoms with Crippen molar-refractivity contribution in [3.63, 3.8) is 0 Å². The molecule has 2 aromatic rings. The minimum Gasteiger partial charge on any atom is -0.289 e. The number of aryl methyl sites for hydroxylation is 1. The van der Waals surface area contributed by atoms with Crippen LogP contribution >= 0.6 is 0 Å². The Morgan fingerprint density at radius 2 is 1.72 bits per heavy atom. The minimum absolute atomic E-state index is 0.0327. The number of isocyanates is 1. The van der Waals surface area contributed by atoms with Crippen LogP contribution in [0.3, 0.4) is 0 Å². The first-order valence-electron chi connectivity index (χ1n) is 5.50. The molecule has 0 unspecified atom stereocenters. The zero-order chi connectivity index (χ0) is 13.0. The van der Waals surface area contributed by atoms with Crippen molar-refractivity contribution in [1.29, 1.82) is 0 Å². The Morgan fingerprint density at radius 3 is 2.33 bits per heavy atom. The van der Waals surface area contributed by atoms with Crippen LogP contribution in [0.15, 0.2) is 53.5 Å². The van der Waals surface area contributed by atoms with Gasteiger partial charge in [0.1, 0.15) is 0 Å². The number of hydrogen-bond acceptors (Lipinski definition) is 3. The lowest BCUT2D eigenvalue weighted by Gasteiger charge is -2.04. The van der Waals surface area contributed by atoms with Gasteiger partial charge < -0.3 is 0 Å². The molecule has 2 aromatic carbocycles. The van der Waals surface area contributed by atoms with Crippen LogP contribution in [0.25, 0.3) is 0 Å². The summed E-state index contributed by atoms with van der Waals surface area (Å²) in [5.74, 6) is -0.0327. The van der Waals surface area contributed by atoms with Crippen LogP contribution < -0.4 is 0 Å². The van der Waals surface area contributed by atoms with Gasteiger partial charge >= 0.3 is 0 Å². The lowest BCUT2D eigenvalue weighted by molar-refractivity contribution is 0.103. The van der Waals surface area contributed by atoms with E-state index in [1.807, 2.05) is 25.1 Å². The number of ketones is 1. The molecule has 0 radical (unpaired) electrons. The summed E-state index contributed by atoms with van der Waals surface area (Å²) in [6.07, 6.45) is 1.46. The highest BCUT2D eigenvalue weighted by Gasteiger charge is 2.10. The van der Waals surface area contributed by atoms with Crippen molar-refractivity contribution in [3.05, 3.63) is 65.2 Å². The van der Waals surface area contributed by atoms with Crippen LogP contribution in [-0.2, 0) is 4.79 Å². The lowest BCUT2D eigenvalue weighted by Crippen LogP contribution is -2.02. The first kappa shape index (κ1) is 12.0. The fourth-order valence-corrected chi connectivity index (χ4v) is 1.72. The molecule has 0 bridgehead atoms. The van der Waals surface area contributed by atoms with Crippen molar-refractivity contribution in [2.45, 2.75) is 6.92 Å². The summed E-state index contributed by atoms with van der Waals surface area (Å²) < 4.78 is 0. The Kier molecular flexibility index (Phi) is 3.46. The normalized spacial score (nSPS) is 9.61. The molecule has 0 atom stereocenters. The quantitative estimate of drug-likeness (QED) is 0.467. The van der Waals surface area contributed by atoms with Crippen molar-refractivity contribution >= 4 is 17.6 Å². The molecule has 0 aliphatic rings. The Bertz CT molecular complexity index is 623. The SMILES string of the molecule is Cc1ccccc1C(=O)c1ccc(N=C=O)cc1. The number of hydrogen-bond donors (Lipinski definition) is 0. The molecule has 0 amide bonds. The first-order valence-corrected chi connectivity index (χ1v) is 5.50. The summed E-state index contributed by atoms with van der Waals surface area (Å²) in [5.41, 5.74) is 2.70. The molecule has 0 fully saturated rings. The van der Waals surface area contributed by atoms with Gasteiger partial charge in [-0.05, 0) is 36.8 Å². The smallest absolute Gasteiger partial charge is 0.240 e. The highest BCUT2D eigenvalue weighted by atomic mass is 16.1. The minimum atomic E-state index is -0.0327. The summed E-state index contributed by atoms with van der Waals surface area (Å²) in [5, 5.41) is 0. The van der Waals surface area contributed by atoms with E-state index in [0.29, 0.717) is 16.8 Å². The molecule has 0 N–H and O–H groups in total. The molecule has 0 aliphatic carbocycles. The Balaban J connectivity index is 2.35. The van der Waals surface area contributed by atoms with Gasteiger partial charge in [-0.3, -0.25) is 4.79 Å². The van der Waals surface area contributed by atoms with Crippen molar-refractivity contribution in [3.8, 4) is 0 Å². The van der Waals surface area contributed by atoms with E-state index >= 15 is 0 Å². The van der Waals surface area contributed by atoms with Crippen LogP contribution in [0.5, 0.6) is 0 Å². The molecule has 0 aliphatic heterocycles. The average Bonchev–Trinajstić information content (AvgIpc) is 2.40. The first-order chi connectivity index (χ1) is 8.72. The standard InChI is InChI=1S/C15H11NO2/c1-11-4-2-3-5-14(11)15(18)12-6-8-13(9-7-12)16-10-17/h2-9H,1H3. The zero-order valence-corrected chi connectivity index (χ0v) is 9.88. The second-order valence-electron chi connectivity index (χ2n) is 3.89. The number of carbonyl (C=O) groups excluding carboxylic acids is 2. The van der Waals surface area contributed by atoms with Crippen molar-refractivity contribution in [2.24, 2.45) is 4.99 Å². The van der Waals surface area contributed by atoms with Gasteiger partial charge in [0, 0.05) is 11.1 Å². The maximum absolute atomic E-state index is 12.2. The van der Waals surface area contributed by atoms with E-state index in [9.17, 15) is 9.59 Å². The second kappa shape index (κ2) is 5.21. The van der Waals surface area contributed by atoms with Crippen molar-refractivity contribution < 1.29 is 9.59 Å². The third-order valence-corrected chi connectivity index (χ3v) is 2.69. The average molecular weight is 237 g/mol. The van der Waals surface area contributed by atoms with E-state index < -0.39 is 0 Å². The van der Waals surface area contributed by atoms with E-state index in [1.165, 1.54) is 6.08 Å². The van der Waals surface area contributed by atoms with Gasteiger partial charge in [0.05, 0.1) is 5.69 Å². The summed E-state index contributed by atoms with van der Waals surface area (Å²) in [6.45, 7) is 1.90. The topological polar surface area (TPSA) is 46.5 Å². The summed E-state index contributed by atoms with van der Waals surface area (Å²) in [7, 11) is 0. The molecule has 0 heterocycles. The molecular formula is C15H11NO2. The van der Waals surface area contributed by atoms with Crippen molar-refractivity contribution in [1.82, 2.24) is 0 Å². The van der Waals surface area contributed by atoms with Gasteiger partial charge in [-0.25, -0.2) is 4.79 Å². The third kappa shape index (κ3) is 2.42. The van der Waals surface area contributed by atoms with Crippen LogP contribution in [-0.4, -0.2) is 11.9 Å². The maximum atomic E-state index is 12.2. The second-order valence-corrected chi connectivity index (χ2v) is 3.89. The number of aliphatic imine (C=N–C) groups is 1. The maximum Gasteiger partial charge on any atom is 0.240 e. The molecule has 3 nitrogen and oxygen atoms in total. The van der Waals surface area contributed by atoms with E-state index in [0.717, 1.165) is 5.56 Å². The molecule has 0 aromatic heterocycles. The van der Waals surface area contributed by atoms with Crippen LogP contribution in [0.4, 0.5) is 5.69 Å². The fourth-order valence-electron chi connectivity index (χ4n) is 1.72. The summed E-state index contributed by atoms with van der Waals surface area (Å²) >= 11 is 0. The van der Waals surface area contributed by atoms with Gasteiger partial charge in [0.2, 0.25) is 6.08 Å². The predicted octanol–water partition coefficient (Wildman–Crippen LogP) is 3.19. The highest BCUT2D eigenvalue weighted by Crippen LogP contribution is 2.17. The van der Waals surface area contributed by atoms with Crippen molar-refractivity contribution in [2.75, 3.05) is 0 Å². The molecule has 0 spiro atoms. The summed E-state index contributed by atoms with van der Waals surface area (Å²) in [4.78, 5) is 25.8. The number of nitrogens with zero attached hydrogens (tertiary/aromatic N) is 1. The Labute approximate surface area is 105 Å². The lowest BCUT2D eigenvalue weighted by atomic mass is 9.99. The highest BCUT2D eigenvalue weighted by molar-refractivity contribution is 6.09. The van der Waals surface area contributed by atoms with E-state index in [4.69, 9.17) is 0 Å². The van der Waals surface area contributed by atoms with E-state index in [1.54, 1.807) is 30.3 Å². The van der Waals surface area contributed by atoms with Crippen LogP contribution in [0.2, 0.25) is 0 Å². The van der Waals surface area contributed by atoms with Crippen LogP contribution in [0.1, 0.15) is 21.5 Å². The molecule has 3 heteroatoms. The number of carbonyl (C=O) groups is 1. The largest absolute Gasteiger partial charge is 0.289 e. The molecule has 0 saturated carbocycles. The van der Waals surface area contributed by atoms with Crippen LogP contribution in [0, 0.1) is 6.92 Å². The van der Waals surface area contributed by atoms with Gasteiger partial charge in [-0.1, -0.05) is 24.3 Å². The molecular weight excluding hydrogens is 226 g/mol. The monoisotopic (exact) mass is 237 g/mol. The Morgan fingerprint density at radius 1 is 1.06 bits per heavy atom. The molecule has 0 saturated heterocycles. The molecule has 18 heavy (non-hydrogen) atoms. The number of rotatable bonds is 3. The summed E-state index contributed by atoms with van der Waals surface area (Å²) in [6, 6.07) is 14.0. The van der Waals surface area contributed by atoms with E-state index in [2.05, 4.69) is 4.99 Å². The molecule has 88 valence electrons. The number of benzene rings is 2. The van der Waals surface area contributed by atoms with Gasteiger partial charge in [0.15, 0.2) is 5.78 Å². The van der Waals surface area contributed by atoms with Gasteiger partial charge in [-0.15, -0.1) is 0 Å². The third-order valence-electron chi connectivity index (χ3n) is 2.69. The fraction of sp³-hybridized carbons (Fsp3) is 0.0667. The van der Waals surface area contributed by atoms with E-state index in [-0.39, 0.29) is 5.78 Å². The van der Waals surface area contributed by atoms with Gasteiger partial charge in [0.25, 0.3) is 0 Å². The predicted molar refractivity (Wildman–Crippen MR) is 68.8 cm³/mol. The Hall–Kier alpha value is -2.51.